The first-order valence-electron chi connectivity index (χ1n) is 5.54. The molecule has 16 heavy (non-hydrogen) atoms. The first kappa shape index (κ1) is 16.4. The molecule has 1 N–H and O–H groups in total. The molecule has 0 amide bonds. The van der Waals surface area contributed by atoms with Gasteiger partial charge in [-0.1, -0.05) is 22.9 Å². The van der Waals surface area contributed by atoms with Gasteiger partial charge in [-0.25, -0.2) is 13.1 Å². The standard InChI is InChI=1S/C10H22BrNO3S/c1-10(9-11)5-3-6-12-16(13,14)8-4-7-15-2/h10,12H,3-9H2,1-2H3. The number of ether oxygens (including phenoxy) is 1. The van der Waals surface area contributed by atoms with Gasteiger partial charge >= 0.3 is 0 Å². The Balaban J connectivity index is 3.58. The molecule has 98 valence electrons. The van der Waals surface area contributed by atoms with Gasteiger partial charge in [-0.2, -0.15) is 0 Å². The molecule has 0 spiro atoms. The average molecular weight is 316 g/mol. The van der Waals surface area contributed by atoms with Gasteiger partial charge < -0.3 is 4.74 Å². The van der Waals surface area contributed by atoms with Gasteiger partial charge in [0.1, 0.15) is 0 Å². The van der Waals surface area contributed by atoms with E-state index in [2.05, 4.69) is 27.6 Å². The van der Waals surface area contributed by atoms with E-state index in [4.69, 9.17) is 4.74 Å². The predicted octanol–water partition coefficient (Wildman–Crippen LogP) is 1.75. The molecule has 4 nitrogen and oxygen atoms in total. The smallest absolute Gasteiger partial charge is 0.211 e. The van der Waals surface area contributed by atoms with Crippen LogP contribution >= 0.6 is 15.9 Å². The Morgan fingerprint density at radius 2 is 2.06 bits per heavy atom. The maximum absolute atomic E-state index is 11.4. The van der Waals surface area contributed by atoms with Crippen LogP contribution < -0.4 is 4.72 Å². The summed E-state index contributed by atoms with van der Waals surface area (Å²) in [5.74, 6) is 0.743. The quantitative estimate of drug-likeness (QED) is 0.493. The first-order chi connectivity index (χ1) is 7.52. The number of hydrogen-bond acceptors (Lipinski definition) is 3. The maximum Gasteiger partial charge on any atom is 0.211 e. The highest BCUT2D eigenvalue weighted by Gasteiger charge is 2.09. The van der Waals surface area contributed by atoms with E-state index in [9.17, 15) is 8.42 Å². The van der Waals surface area contributed by atoms with Crippen molar-refractivity contribution >= 4 is 26.0 Å². The molecule has 1 atom stereocenters. The van der Waals surface area contributed by atoms with Gasteiger partial charge in [0.05, 0.1) is 5.75 Å². The van der Waals surface area contributed by atoms with Crippen molar-refractivity contribution in [3.8, 4) is 0 Å². The summed E-state index contributed by atoms with van der Waals surface area (Å²) in [7, 11) is -1.53. The fourth-order valence-corrected chi connectivity index (χ4v) is 2.64. The lowest BCUT2D eigenvalue weighted by atomic mass is 10.1. The molecule has 0 aromatic carbocycles. The van der Waals surface area contributed by atoms with Crippen LogP contribution in [0.5, 0.6) is 0 Å². The van der Waals surface area contributed by atoms with Crippen molar-refractivity contribution in [3.05, 3.63) is 0 Å². The molecule has 0 heterocycles. The molecule has 0 rings (SSSR count). The monoisotopic (exact) mass is 315 g/mol. The largest absolute Gasteiger partial charge is 0.385 e. The molecule has 0 aliphatic carbocycles. The van der Waals surface area contributed by atoms with Gasteiger partial charge in [-0.05, 0) is 25.2 Å². The SMILES string of the molecule is COCCCS(=O)(=O)NCCCC(C)CBr. The van der Waals surface area contributed by atoms with E-state index in [0.717, 1.165) is 18.2 Å². The summed E-state index contributed by atoms with van der Waals surface area (Å²) in [4.78, 5) is 0. The summed E-state index contributed by atoms with van der Waals surface area (Å²) in [6.07, 6.45) is 2.46. The van der Waals surface area contributed by atoms with Crippen LogP contribution in [0, 0.1) is 5.92 Å². The van der Waals surface area contributed by atoms with Crippen LogP contribution in [0.2, 0.25) is 0 Å². The lowest BCUT2D eigenvalue weighted by Crippen LogP contribution is -2.28. The van der Waals surface area contributed by atoms with Crippen molar-refractivity contribution in [2.24, 2.45) is 5.92 Å². The highest BCUT2D eigenvalue weighted by molar-refractivity contribution is 9.09. The van der Waals surface area contributed by atoms with Crippen LogP contribution in [0.15, 0.2) is 0 Å². The zero-order valence-corrected chi connectivity index (χ0v) is 12.4. The van der Waals surface area contributed by atoms with Crippen molar-refractivity contribution in [3.63, 3.8) is 0 Å². The second kappa shape index (κ2) is 9.39. The van der Waals surface area contributed by atoms with Crippen molar-refractivity contribution in [2.45, 2.75) is 26.2 Å². The molecular formula is C10H22BrNO3S. The maximum atomic E-state index is 11.4. The van der Waals surface area contributed by atoms with Crippen LogP contribution in [0.1, 0.15) is 26.2 Å². The lowest BCUT2D eigenvalue weighted by Gasteiger charge is -2.08. The van der Waals surface area contributed by atoms with E-state index >= 15 is 0 Å². The van der Waals surface area contributed by atoms with Crippen molar-refractivity contribution in [1.82, 2.24) is 4.72 Å². The lowest BCUT2D eigenvalue weighted by molar-refractivity contribution is 0.199. The van der Waals surface area contributed by atoms with Crippen molar-refractivity contribution < 1.29 is 13.2 Å². The van der Waals surface area contributed by atoms with Crippen LogP contribution in [0.4, 0.5) is 0 Å². The van der Waals surface area contributed by atoms with E-state index in [1.54, 1.807) is 7.11 Å². The summed E-state index contributed by atoms with van der Waals surface area (Å²) >= 11 is 3.40. The van der Waals surface area contributed by atoms with E-state index in [1.807, 2.05) is 0 Å². The average Bonchev–Trinajstić information content (AvgIpc) is 2.24. The Morgan fingerprint density at radius 1 is 1.38 bits per heavy atom. The highest BCUT2D eigenvalue weighted by Crippen LogP contribution is 2.07. The van der Waals surface area contributed by atoms with Crippen LogP contribution in [0.25, 0.3) is 0 Å². The van der Waals surface area contributed by atoms with E-state index < -0.39 is 10.0 Å². The summed E-state index contributed by atoms with van der Waals surface area (Å²) < 4.78 is 30.3. The number of nitrogens with one attached hydrogen (secondary N) is 1. The van der Waals surface area contributed by atoms with Gasteiger partial charge in [0, 0.05) is 25.6 Å². The number of rotatable bonds is 10. The second-order valence-corrected chi connectivity index (χ2v) is 6.54. The van der Waals surface area contributed by atoms with Gasteiger partial charge in [0.2, 0.25) is 10.0 Å². The van der Waals surface area contributed by atoms with Gasteiger partial charge in [0.15, 0.2) is 0 Å². The molecule has 0 aliphatic heterocycles. The fourth-order valence-electron chi connectivity index (χ4n) is 1.22. The zero-order chi connectivity index (χ0) is 12.4. The van der Waals surface area contributed by atoms with Crippen LogP contribution in [0.3, 0.4) is 0 Å². The number of alkyl halides is 1. The van der Waals surface area contributed by atoms with Crippen molar-refractivity contribution in [2.75, 3.05) is 31.3 Å². The molecule has 0 aromatic heterocycles. The number of halogens is 1. The van der Waals surface area contributed by atoms with Gasteiger partial charge in [0.25, 0.3) is 0 Å². The molecule has 0 bridgehead atoms. The molecule has 0 saturated heterocycles. The molecule has 0 saturated carbocycles. The number of methoxy groups -OCH3 is 1. The Morgan fingerprint density at radius 3 is 2.62 bits per heavy atom. The molecule has 6 heteroatoms. The molecule has 1 unspecified atom stereocenters. The molecule has 0 aromatic rings. The third kappa shape index (κ3) is 9.57. The minimum Gasteiger partial charge on any atom is -0.385 e. The third-order valence-corrected chi connectivity index (χ3v) is 4.80. The van der Waals surface area contributed by atoms with E-state index in [-0.39, 0.29) is 5.75 Å². The summed E-state index contributed by atoms with van der Waals surface area (Å²) in [6, 6.07) is 0. The van der Waals surface area contributed by atoms with Gasteiger partial charge in [-0.15, -0.1) is 0 Å². The highest BCUT2D eigenvalue weighted by atomic mass is 79.9. The normalized spacial score (nSPS) is 13.9. The molecule has 0 radical (unpaired) electrons. The number of hydrogen-bond donors (Lipinski definition) is 1. The minimum atomic E-state index is -3.10. The summed E-state index contributed by atoms with van der Waals surface area (Å²) in [5.41, 5.74) is 0. The molecule has 0 fully saturated rings. The zero-order valence-electron chi connectivity index (χ0n) is 10.0. The van der Waals surface area contributed by atoms with Crippen LogP contribution in [-0.4, -0.2) is 39.8 Å². The fraction of sp³-hybridized carbons (Fsp3) is 1.00. The Kier molecular flexibility index (Phi) is 9.59. The van der Waals surface area contributed by atoms with Crippen LogP contribution in [-0.2, 0) is 14.8 Å². The van der Waals surface area contributed by atoms with Gasteiger partial charge in [-0.3, -0.25) is 0 Å². The molecular weight excluding hydrogens is 294 g/mol. The Bertz CT molecular complexity index is 257. The topological polar surface area (TPSA) is 55.4 Å². The Hall–Kier alpha value is 0.350. The summed E-state index contributed by atoms with van der Waals surface area (Å²) in [6.45, 7) is 3.16. The first-order valence-corrected chi connectivity index (χ1v) is 8.31. The summed E-state index contributed by atoms with van der Waals surface area (Å²) in [5, 5.41) is 0.966. The minimum absolute atomic E-state index is 0.148. The predicted molar refractivity (Wildman–Crippen MR) is 70.5 cm³/mol. The molecule has 0 aliphatic rings. The van der Waals surface area contributed by atoms with Crippen molar-refractivity contribution in [1.29, 1.82) is 0 Å². The number of sulfonamides is 1. The van der Waals surface area contributed by atoms with E-state index in [1.165, 1.54) is 0 Å². The third-order valence-electron chi connectivity index (χ3n) is 2.22. The Labute approximate surface area is 107 Å². The second-order valence-electron chi connectivity index (χ2n) is 3.96. The van der Waals surface area contributed by atoms with E-state index in [0.29, 0.717) is 25.5 Å².